The number of hydrogen-bond donors (Lipinski definition) is 1. The Bertz CT molecular complexity index is 543. The van der Waals surface area contributed by atoms with Crippen molar-refractivity contribution in [1.29, 1.82) is 0 Å². The molecule has 0 unspecified atom stereocenters. The summed E-state index contributed by atoms with van der Waals surface area (Å²) in [4.78, 5) is 4.06. The summed E-state index contributed by atoms with van der Waals surface area (Å²) in [5.41, 5.74) is 1.40. The maximum absolute atomic E-state index is 13.3. The van der Waals surface area contributed by atoms with Crippen LogP contribution in [0.3, 0.4) is 0 Å². The Morgan fingerprint density at radius 3 is 2.78 bits per heavy atom. The van der Waals surface area contributed by atoms with Crippen LogP contribution < -0.4 is 4.74 Å². The maximum Gasteiger partial charge on any atom is 0.165 e. The van der Waals surface area contributed by atoms with Gasteiger partial charge in [-0.2, -0.15) is 0 Å². The van der Waals surface area contributed by atoms with E-state index in [1.54, 1.807) is 24.5 Å². The molecule has 0 aliphatic carbocycles. The quantitative estimate of drug-likeness (QED) is 0.900. The zero-order chi connectivity index (χ0) is 13.0. The third-order valence-electron chi connectivity index (χ3n) is 2.47. The highest BCUT2D eigenvalue weighted by Gasteiger charge is 2.05. The summed E-state index contributed by atoms with van der Waals surface area (Å²) in [6.45, 7) is 2.64. The molecule has 0 atom stereocenters. The molecule has 0 bridgehead atoms. The van der Waals surface area contributed by atoms with Crippen molar-refractivity contribution in [2.24, 2.45) is 0 Å². The van der Waals surface area contributed by atoms with Gasteiger partial charge >= 0.3 is 0 Å². The molecule has 94 valence electrons. The van der Waals surface area contributed by atoms with E-state index < -0.39 is 5.82 Å². The number of ether oxygens (including phenoxy) is 1. The topological polar surface area (TPSA) is 42.4 Å². The van der Waals surface area contributed by atoms with Crippen LogP contribution in [0.1, 0.15) is 13.3 Å². The van der Waals surface area contributed by atoms with Crippen LogP contribution in [0.5, 0.6) is 11.5 Å². The summed E-state index contributed by atoms with van der Waals surface area (Å²) in [6, 6.07) is 6.04. The van der Waals surface area contributed by atoms with Crippen molar-refractivity contribution in [3.8, 4) is 22.6 Å². The van der Waals surface area contributed by atoms with Gasteiger partial charge in [0.1, 0.15) is 5.75 Å². The fraction of sp³-hybridized carbons (Fsp3) is 0.214. The van der Waals surface area contributed by atoms with Crippen molar-refractivity contribution >= 4 is 0 Å². The minimum atomic E-state index is -0.646. The molecule has 0 aliphatic heterocycles. The lowest BCUT2D eigenvalue weighted by Gasteiger charge is -2.07. The molecule has 0 saturated carbocycles. The molecule has 1 aromatic heterocycles. The summed E-state index contributed by atoms with van der Waals surface area (Å²) in [6.07, 6.45) is 4.17. The molecule has 1 aromatic carbocycles. The van der Waals surface area contributed by atoms with Gasteiger partial charge in [0.25, 0.3) is 0 Å². The molecule has 2 aromatic rings. The zero-order valence-electron chi connectivity index (χ0n) is 10.1. The number of pyridine rings is 1. The fourth-order valence-electron chi connectivity index (χ4n) is 1.56. The van der Waals surface area contributed by atoms with Crippen molar-refractivity contribution in [3.63, 3.8) is 0 Å². The minimum Gasteiger partial charge on any atom is -0.505 e. The fourth-order valence-corrected chi connectivity index (χ4v) is 1.56. The highest BCUT2D eigenvalue weighted by molar-refractivity contribution is 5.64. The van der Waals surface area contributed by atoms with E-state index >= 15 is 0 Å². The first-order valence-corrected chi connectivity index (χ1v) is 5.77. The number of hydrogen-bond acceptors (Lipinski definition) is 3. The standard InChI is InChI=1S/C14H14FNO2/c1-2-5-18-12-6-11(8-16-9-12)10-3-4-14(17)13(15)7-10/h3-4,6-9,17H,2,5H2,1H3. The lowest BCUT2D eigenvalue weighted by Crippen LogP contribution is -1.95. The first-order valence-electron chi connectivity index (χ1n) is 5.77. The summed E-state index contributed by atoms with van der Waals surface area (Å²) in [7, 11) is 0. The second kappa shape index (κ2) is 5.49. The molecule has 0 radical (unpaired) electrons. The molecule has 3 nitrogen and oxygen atoms in total. The number of benzene rings is 1. The van der Waals surface area contributed by atoms with Gasteiger partial charge in [-0.15, -0.1) is 0 Å². The van der Waals surface area contributed by atoms with E-state index in [1.165, 1.54) is 12.1 Å². The summed E-state index contributed by atoms with van der Waals surface area (Å²) >= 11 is 0. The predicted octanol–water partition coefficient (Wildman–Crippen LogP) is 3.38. The van der Waals surface area contributed by atoms with Crippen molar-refractivity contribution in [1.82, 2.24) is 4.98 Å². The van der Waals surface area contributed by atoms with E-state index in [2.05, 4.69) is 4.98 Å². The van der Waals surface area contributed by atoms with Gasteiger partial charge in [0, 0.05) is 11.8 Å². The Hall–Kier alpha value is -2.10. The van der Waals surface area contributed by atoms with E-state index in [-0.39, 0.29) is 5.75 Å². The maximum atomic E-state index is 13.3. The second-order valence-electron chi connectivity index (χ2n) is 3.92. The van der Waals surface area contributed by atoms with Crippen LogP contribution >= 0.6 is 0 Å². The number of nitrogens with zero attached hydrogens (tertiary/aromatic N) is 1. The lowest BCUT2D eigenvalue weighted by atomic mass is 10.1. The van der Waals surface area contributed by atoms with Gasteiger partial charge in [-0.05, 0) is 30.2 Å². The molecule has 0 aliphatic rings. The molecule has 1 N–H and O–H groups in total. The molecule has 4 heteroatoms. The van der Waals surface area contributed by atoms with E-state index in [0.29, 0.717) is 17.9 Å². The van der Waals surface area contributed by atoms with E-state index in [4.69, 9.17) is 9.84 Å². The largest absolute Gasteiger partial charge is 0.505 e. The van der Waals surface area contributed by atoms with Gasteiger partial charge in [-0.25, -0.2) is 4.39 Å². The molecular weight excluding hydrogens is 233 g/mol. The van der Waals surface area contributed by atoms with Crippen LogP contribution in [0.4, 0.5) is 4.39 Å². The Morgan fingerprint density at radius 1 is 1.22 bits per heavy atom. The van der Waals surface area contributed by atoms with Crippen LogP contribution in [-0.4, -0.2) is 16.7 Å². The zero-order valence-corrected chi connectivity index (χ0v) is 10.1. The van der Waals surface area contributed by atoms with Crippen LogP contribution in [-0.2, 0) is 0 Å². The van der Waals surface area contributed by atoms with Gasteiger partial charge in [-0.3, -0.25) is 4.98 Å². The van der Waals surface area contributed by atoms with Crippen LogP contribution in [0.2, 0.25) is 0 Å². The lowest BCUT2D eigenvalue weighted by molar-refractivity contribution is 0.316. The number of phenols is 1. The summed E-state index contributed by atoms with van der Waals surface area (Å²) < 4.78 is 18.7. The summed E-state index contributed by atoms with van der Waals surface area (Å²) in [5, 5.41) is 9.15. The molecule has 0 spiro atoms. The van der Waals surface area contributed by atoms with Gasteiger partial charge < -0.3 is 9.84 Å². The van der Waals surface area contributed by atoms with Crippen molar-refractivity contribution in [2.75, 3.05) is 6.61 Å². The van der Waals surface area contributed by atoms with Crippen LogP contribution in [0.15, 0.2) is 36.7 Å². The van der Waals surface area contributed by atoms with E-state index in [0.717, 1.165) is 12.0 Å². The van der Waals surface area contributed by atoms with E-state index in [9.17, 15) is 4.39 Å². The first kappa shape index (κ1) is 12.4. The monoisotopic (exact) mass is 247 g/mol. The number of halogens is 1. The van der Waals surface area contributed by atoms with Crippen molar-refractivity contribution in [3.05, 3.63) is 42.5 Å². The number of aromatic nitrogens is 1. The minimum absolute atomic E-state index is 0.356. The van der Waals surface area contributed by atoms with Gasteiger partial charge in [0.15, 0.2) is 11.6 Å². The number of aromatic hydroxyl groups is 1. The van der Waals surface area contributed by atoms with Gasteiger partial charge in [-0.1, -0.05) is 13.0 Å². The average molecular weight is 247 g/mol. The Morgan fingerprint density at radius 2 is 2.06 bits per heavy atom. The molecule has 1 heterocycles. The third kappa shape index (κ3) is 2.77. The molecule has 2 rings (SSSR count). The predicted molar refractivity (Wildman–Crippen MR) is 67.1 cm³/mol. The smallest absolute Gasteiger partial charge is 0.165 e. The van der Waals surface area contributed by atoms with Crippen LogP contribution in [0.25, 0.3) is 11.1 Å². The Labute approximate surface area is 105 Å². The highest BCUT2D eigenvalue weighted by Crippen LogP contribution is 2.26. The molecule has 18 heavy (non-hydrogen) atoms. The molecule has 0 fully saturated rings. The van der Waals surface area contributed by atoms with E-state index in [1.807, 2.05) is 6.92 Å². The SMILES string of the molecule is CCCOc1cncc(-c2ccc(O)c(F)c2)c1. The van der Waals surface area contributed by atoms with Crippen LogP contribution in [0, 0.1) is 5.82 Å². The van der Waals surface area contributed by atoms with Gasteiger partial charge in [0.05, 0.1) is 12.8 Å². The normalized spacial score (nSPS) is 10.3. The molecule has 0 saturated heterocycles. The number of phenolic OH excluding ortho intramolecular Hbond substituents is 1. The summed E-state index contributed by atoms with van der Waals surface area (Å²) in [5.74, 6) is -0.347. The Balaban J connectivity index is 2.29. The van der Waals surface area contributed by atoms with Crippen molar-refractivity contribution < 1.29 is 14.2 Å². The molecular formula is C14H14FNO2. The average Bonchev–Trinajstić information content (AvgIpc) is 2.40. The van der Waals surface area contributed by atoms with Gasteiger partial charge in [0.2, 0.25) is 0 Å². The number of rotatable bonds is 4. The molecule has 0 amide bonds. The first-order chi connectivity index (χ1) is 8.70. The second-order valence-corrected chi connectivity index (χ2v) is 3.92. The van der Waals surface area contributed by atoms with Crippen molar-refractivity contribution in [2.45, 2.75) is 13.3 Å². The highest BCUT2D eigenvalue weighted by atomic mass is 19.1. The third-order valence-corrected chi connectivity index (χ3v) is 2.47. The Kier molecular flexibility index (Phi) is 3.77.